The monoisotopic (exact) mass is 233 g/mol. The molecule has 0 atom stereocenters. The van der Waals surface area contributed by atoms with E-state index in [9.17, 15) is 4.79 Å². The number of rotatable bonds is 2. The van der Waals surface area contributed by atoms with Crippen molar-refractivity contribution < 1.29 is 4.79 Å². The molecule has 0 saturated heterocycles. The van der Waals surface area contributed by atoms with Gasteiger partial charge in [0.25, 0.3) is 0 Å². The zero-order valence-corrected chi connectivity index (χ0v) is 9.86. The highest BCUT2D eigenvalue weighted by Crippen LogP contribution is 2.29. The van der Waals surface area contributed by atoms with Crippen molar-refractivity contribution in [3.8, 4) is 10.6 Å². The number of aromatic nitrogens is 2. The van der Waals surface area contributed by atoms with Gasteiger partial charge in [0.05, 0.1) is 6.20 Å². The second-order valence-electron chi connectivity index (χ2n) is 3.32. The normalized spacial score (nSPS) is 10.1. The van der Waals surface area contributed by atoms with Crippen molar-refractivity contribution in [1.29, 1.82) is 0 Å². The number of pyridine rings is 1. The van der Waals surface area contributed by atoms with Gasteiger partial charge in [-0.25, -0.2) is 4.98 Å². The number of amides is 1. The maximum atomic E-state index is 11.2. The third-order valence-electron chi connectivity index (χ3n) is 2.20. The minimum atomic E-state index is 0.00128. The van der Waals surface area contributed by atoms with Crippen molar-refractivity contribution in [3.05, 3.63) is 30.7 Å². The molecule has 0 aromatic carbocycles. The third-order valence-corrected chi connectivity index (χ3v) is 3.33. The zero-order valence-electron chi connectivity index (χ0n) is 9.04. The minimum absolute atomic E-state index is 0.00128. The molecule has 0 saturated carbocycles. The van der Waals surface area contributed by atoms with Gasteiger partial charge >= 0.3 is 0 Å². The molecule has 4 nitrogen and oxygen atoms in total. The highest BCUT2D eigenvalue weighted by Gasteiger charge is 2.10. The molecule has 0 aliphatic rings. The molecule has 0 bridgehead atoms. The molecule has 0 radical (unpaired) electrons. The van der Waals surface area contributed by atoms with Crippen molar-refractivity contribution in [2.45, 2.75) is 6.92 Å². The molecular weight excluding hydrogens is 222 g/mol. The zero-order chi connectivity index (χ0) is 11.5. The Hall–Kier alpha value is -1.75. The highest BCUT2D eigenvalue weighted by atomic mass is 32.1. The maximum Gasteiger partial charge on any atom is 0.224 e. The van der Waals surface area contributed by atoms with Crippen LogP contribution in [-0.2, 0) is 4.79 Å². The summed E-state index contributed by atoms with van der Waals surface area (Å²) in [5.41, 5.74) is 0.968. The van der Waals surface area contributed by atoms with Crippen LogP contribution in [0.25, 0.3) is 10.6 Å². The van der Waals surface area contributed by atoms with E-state index in [2.05, 4.69) is 9.97 Å². The van der Waals surface area contributed by atoms with Crippen molar-refractivity contribution in [2.75, 3.05) is 11.9 Å². The molecule has 0 N–H and O–H groups in total. The van der Waals surface area contributed by atoms with Crippen LogP contribution in [0.5, 0.6) is 0 Å². The second kappa shape index (κ2) is 4.40. The largest absolute Gasteiger partial charge is 0.306 e. The predicted molar refractivity (Wildman–Crippen MR) is 64.4 cm³/mol. The van der Waals surface area contributed by atoms with Crippen LogP contribution < -0.4 is 4.90 Å². The number of carbonyl (C=O) groups is 1. The van der Waals surface area contributed by atoms with Gasteiger partial charge in [0.15, 0.2) is 0 Å². The van der Waals surface area contributed by atoms with E-state index in [1.54, 1.807) is 30.5 Å². The summed E-state index contributed by atoms with van der Waals surface area (Å²) in [5.74, 6) is 0.00128. The van der Waals surface area contributed by atoms with E-state index in [0.717, 1.165) is 15.6 Å². The van der Waals surface area contributed by atoms with Crippen LogP contribution in [0.4, 0.5) is 5.00 Å². The minimum Gasteiger partial charge on any atom is -0.306 e. The van der Waals surface area contributed by atoms with Gasteiger partial charge in [-0.05, 0) is 12.1 Å². The summed E-state index contributed by atoms with van der Waals surface area (Å²) in [5, 5.41) is 1.71. The Bertz CT molecular complexity index is 495. The van der Waals surface area contributed by atoms with Crippen molar-refractivity contribution >= 4 is 22.2 Å². The topological polar surface area (TPSA) is 46.1 Å². The van der Waals surface area contributed by atoms with Crippen LogP contribution in [0.3, 0.4) is 0 Å². The summed E-state index contributed by atoms with van der Waals surface area (Å²) in [7, 11) is 1.74. The number of thiazole rings is 1. The molecule has 0 aliphatic heterocycles. The Morgan fingerprint density at radius 2 is 2.25 bits per heavy atom. The molecule has 2 heterocycles. The molecule has 1 amide bonds. The van der Waals surface area contributed by atoms with E-state index in [1.165, 1.54) is 18.3 Å². The lowest BCUT2D eigenvalue weighted by Crippen LogP contribution is -2.21. The Balaban J connectivity index is 2.30. The molecule has 0 unspecified atom stereocenters. The Morgan fingerprint density at radius 3 is 2.88 bits per heavy atom. The molecule has 82 valence electrons. The van der Waals surface area contributed by atoms with Crippen LogP contribution >= 0.6 is 11.3 Å². The van der Waals surface area contributed by atoms with Crippen molar-refractivity contribution in [1.82, 2.24) is 9.97 Å². The number of carbonyl (C=O) groups excluding carboxylic acids is 1. The number of hydrogen-bond donors (Lipinski definition) is 0. The van der Waals surface area contributed by atoms with Gasteiger partial charge in [0.1, 0.15) is 10.0 Å². The van der Waals surface area contributed by atoms with Gasteiger partial charge in [0, 0.05) is 31.9 Å². The van der Waals surface area contributed by atoms with Crippen LogP contribution in [-0.4, -0.2) is 22.9 Å². The van der Waals surface area contributed by atoms with Crippen LogP contribution in [0.15, 0.2) is 30.7 Å². The third kappa shape index (κ3) is 2.09. The second-order valence-corrected chi connectivity index (χ2v) is 4.33. The van der Waals surface area contributed by atoms with Gasteiger partial charge < -0.3 is 4.90 Å². The first-order valence-electron chi connectivity index (χ1n) is 4.79. The average molecular weight is 233 g/mol. The van der Waals surface area contributed by atoms with E-state index >= 15 is 0 Å². The molecule has 0 aliphatic carbocycles. The van der Waals surface area contributed by atoms with E-state index in [0.29, 0.717) is 0 Å². The summed E-state index contributed by atoms with van der Waals surface area (Å²) in [6, 6.07) is 3.81. The molecule has 5 heteroatoms. The van der Waals surface area contributed by atoms with E-state index < -0.39 is 0 Å². The standard InChI is InChI=1S/C11H11N3OS/c1-8(15)14(2)10-7-13-11(16-10)9-4-3-5-12-6-9/h3-7H,1-2H3. The van der Waals surface area contributed by atoms with Gasteiger partial charge in [-0.2, -0.15) is 0 Å². The van der Waals surface area contributed by atoms with Gasteiger partial charge in [-0.3, -0.25) is 9.78 Å². The fourth-order valence-electron chi connectivity index (χ4n) is 1.20. The van der Waals surface area contributed by atoms with Crippen LogP contribution in [0.1, 0.15) is 6.92 Å². The summed E-state index contributed by atoms with van der Waals surface area (Å²) in [6.45, 7) is 1.53. The summed E-state index contributed by atoms with van der Waals surface area (Å²) >= 11 is 1.48. The van der Waals surface area contributed by atoms with E-state index in [-0.39, 0.29) is 5.91 Å². The maximum absolute atomic E-state index is 11.2. The summed E-state index contributed by atoms with van der Waals surface area (Å²) in [4.78, 5) is 21.1. The first-order valence-corrected chi connectivity index (χ1v) is 5.60. The quantitative estimate of drug-likeness (QED) is 0.798. The lowest BCUT2D eigenvalue weighted by atomic mass is 10.3. The predicted octanol–water partition coefficient (Wildman–Crippen LogP) is 2.19. The number of nitrogens with zero attached hydrogens (tertiary/aromatic N) is 3. The van der Waals surface area contributed by atoms with Gasteiger partial charge in [-0.1, -0.05) is 11.3 Å². The Morgan fingerprint density at radius 1 is 1.44 bits per heavy atom. The van der Waals surface area contributed by atoms with Gasteiger partial charge in [-0.15, -0.1) is 0 Å². The first kappa shape index (κ1) is 10.8. The molecule has 0 spiro atoms. The lowest BCUT2D eigenvalue weighted by molar-refractivity contribution is -0.116. The summed E-state index contributed by atoms with van der Waals surface area (Å²) < 4.78 is 0. The Labute approximate surface area is 97.6 Å². The molecule has 2 aromatic heterocycles. The first-order chi connectivity index (χ1) is 7.68. The SMILES string of the molecule is CC(=O)N(C)c1cnc(-c2cccnc2)s1. The van der Waals surface area contributed by atoms with Crippen molar-refractivity contribution in [3.63, 3.8) is 0 Å². The smallest absolute Gasteiger partial charge is 0.224 e. The van der Waals surface area contributed by atoms with E-state index in [4.69, 9.17) is 0 Å². The number of hydrogen-bond acceptors (Lipinski definition) is 4. The molecule has 2 rings (SSSR count). The Kier molecular flexibility index (Phi) is 2.96. The average Bonchev–Trinajstić information content (AvgIpc) is 2.78. The fraction of sp³-hybridized carbons (Fsp3) is 0.182. The molecule has 2 aromatic rings. The fourth-order valence-corrected chi connectivity index (χ4v) is 2.11. The van der Waals surface area contributed by atoms with E-state index in [1.807, 2.05) is 12.1 Å². The lowest BCUT2D eigenvalue weighted by Gasteiger charge is -2.10. The highest BCUT2D eigenvalue weighted by molar-refractivity contribution is 7.19. The van der Waals surface area contributed by atoms with Crippen molar-refractivity contribution in [2.24, 2.45) is 0 Å². The van der Waals surface area contributed by atoms with Crippen LogP contribution in [0.2, 0.25) is 0 Å². The molecule has 16 heavy (non-hydrogen) atoms. The molecular formula is C11H11N3OS. The van der Waals surface area contributed by atoms with Crippen LogP contribution in [0, 0.1) is 0 Å². The number of anilines is 1. The molecule has 0 fully saturated rings. The summed E-state index contributed by atoms with van der Waals surface area (Å²) in [6.07, 6.45) is 5.19. The van der Waals surface area contributed by atoms with Gasteiger partial charge in [0.2, 0.25) is 5.91 Å².